The number of carboxylic acids is 1. The number of hydrogen-bond donors (Lipinski definition) is 2. The maximum absolute atomic E-state index is 11.2. The second-order valence-electron chi connectivity index (χ2n) is 7.92. The minimum Gasteiger partial charge on any atom is -0.477 e. The lowest BCUT2D eigenvalue weighted by atomic mass is 10.1. The zero-order chi connectivity index (χ0) is 20.5. The van der Waals surface area contributed by atoms with Crippen LogP contribution >= 0.6 is 0 Å². The molecule has 0 radical (unpaired) electrons. The molecule has 0 aromatic rings. The summed E-state index contributed by atoms with van der Waals surface area (Å²) in [6.07, 6.45) is 24.4. The van der Waals surface area contributed by atoms with Crippen molar-refractivity contribution in [1.29, 1.82) is 0 Å². The van der Waals surface area contributed by atoms with Gasteiger partial charge in [-0.3, -0.25) is 0 Å². The first-order valence-corrected chi connectivity index (χ1v) is 11.3. The van der Waals surface area contributed by atoms with Gasteiger partial charge in [0.05, 0.1) is 6.20 Å². The van der Waals surface area contributed by atoms with Gasteiger partial charge in [0.2, 0.25) is 5.84 Å². The monoisotopic (exact) mass is 392 g/mol. The lowest BCUT2D eigenvalue weighted by Crippen LogP contribution is -2.52. The van der Waals surface area contributed by atoms with Crippen molar-refractivity contribution in [3.8, 4) is 0 Å². The molecule has 0 aliphatic carbocycles. The van der Waals surface area contributed by atoms with Crippen molar-refractivity contribution in [3.63, 3.8) is 0 Å². The summed E-state index contributed by atoms with van der Waals surface area (Å²) in [6, 6.07) is 0. The van der Waals surface area contributed by atoms with Gasteiger partial charge in [0.25, 0.3) is 0 Å². The number of unbranched alkanes of at least 4 members (excludes halogenated alkanes) is 10. The Balaban J connectivity index is 2.08. The second kappa shape index (κ2) is 15.5. The highest BCUT2D eigenvalue weighted by Gasteiger charge is 2.36. The van der Waals surface area contributed by atoms with E-state index in [2.05, 4.69) is 24.1 Å². The fourth-order valence-electron chi connectivity index (χ4n) is 3.81. The SMILES string of the molecule is CCCCCCCC/C=C/CCCCCCC1=NC=C[N+]1(CCN)CC(=O)O. The number of rotatable bonds is 18. The van der Waals surface area contributed by atoms with Crippen molar-refractivity contribution in [2.75, 3.05) is 19.6 Å². The normalized spacial score (nSPS) is 18.9. The third-order valence-corrected chi connectivity index (χ3v) is 5.45. The van der Waals surface area contributed by atoms with E-state index in [0.717, 1.165) is 18.7 Å². The van der Waals surface area contributed by atoms with E-state index >= 15 is 0 Å². The van der Waals surface area contributed by atoms with Gasteiger partial charge < -0.3 is 10.8 Å². The average Bonchev–Trinajstić information content (AvgIpc) is 3.03. The van der Waals surface area contributed by atoms with Crippen LogP contribution in [0, 0.1) is 0 Å². The van der Waals surface area contributed by atoms with Crippen LogP contribution in [0.2, 0.25) is 0 Å². The lowest BCUT2D eigenvalue weighted by Gasteiger charge is -2.30. The van der Waals surface area contributed by atoms with Crippen LogP contribution in [-0.4, -0.2) is 41.0 Å². The number of aliphatic imine (C=N–C) groups is 1. The standard InChI is InChI=1S/C23H41N3O2/c1-2-3-4-5-6-7-8-9-10-11-12-13-14-15-16-22-25-18-20-26(22,19-17-24)21-23(27)28/h9-10,18,20H,2-8,11-17,19,21,24H2,1H3/p+1/b10-9+. The number of amidine groups is 1. The summed E-state index contributed by atoms with van der Waals surface area (Å²) in [7, 11) is 0. The molecule has 1 atom stereocenters. The Morgan fingerprint density at radius 1 is 1.04 bits per heavy atom. The van der Waals surface area contributed by atoms with Crippen molar-refractivity contribution in [2.24, 2.45) is 10.7 Å². The molecule has 5 nitrogen and oxygen atoms in total. The molecule has 0 aromatic heterocycles. The van der Waals surface area contributed by atoms with Gasteiger partial charge in [-0.15, -0.1) is 0 Å². The third-order valence-electron chi connectivity index (χ3n) is 5.45. The van der Waals surface area contributed by atoms with Crippen LogP contribution < -0.4 is 5.73 Å². The van der Waals surface area contributed by atoms with Crippen LogP contribution in [0.4, 0.5) is 0 Å². The molecule has 0 amide bonds. The first-order valence-electron chi connectivity index (χ1n) is 11.3. The molecular formula is C23H42N3O2+. The van der Waals surface area contributed by atoms with E-state index in [0.29, 0.717) is 17.6 Å². The summed E-state index contributed by atoms with van der Waals surface area (Å²) in [5.74, 6) is 0.145. The Hall–Kier alpha value is -1.46. The predicted molar refractivity (Wildman–Crippen MR) is 118 cm³/mol. The maximum atomic E-state index is 11.2. The van der Waals surface area contributed by atoms with Crippen molar-refractivity contribution < 1.29 is 14.4 Å². The van der Waals surface area contributed by atoms with Gasteiger partial charge in [-0.2, -0.15) is 0 Å². The van der Waals surface area contributed by atoms with E-state index < -0.39 is 5.97 Å². The molecule has 1 heterocycles. The van der Waals surface area contributed by atoms with Crippen LogP contribution in [0.25, 0.3) is 0 Å². The molecular weight excluding hydrogens is 350 g/mol. The molecule has 0 aromatic carbocycles. The van der Waals surface area contributed by atoms with Gasteiger partial charge in [-0.1, -0.05) is 64.0 Å². The van der Waals surface area contributed by atoms with Crippen molar-refractivity contribution >= 4 is 11.8 Å². The van der Waals surface area contributed by atoms with E-state index in [4.69, 9.17) is 5.73 Å². The first-order chi connectivity index (χ1) is 13.6. The summed E-state index contributed by atoms with van der Waals surface area (Å²) in [4.78, 5) is 15.7. The van der Waals surface area contributed by atoms with Gasteiger partial charge in [0.1, 0.15) is 12.7 Å². The second-order valence-corrected chi connectivity index (χ2v) is 7.92. The third kappa shape index (κ3) is 10.2. The molecule has 160 valence electrons. The van der Waals surface area contributed by atoms with Gasteiger partial charge in [-0.05, 0) is 32.1 Å². The van der Waals surface area contributed by atoms with E-state index in [1.807, 2.05) is 6.20 Å². The zero-order valence-electron chi connectivity index (χ0n) is 18.0. The summed E-state index contributed by atoms with van der Waals surface area (Å²) >= 11 is 0. The highest BCUT2D eigenvalue weighted by molar-refractivity contribution is 5.81. The molecule has 28 heavy (non-hydrogen) atoms. The van der Waals surface area contributed by atoms with E-state index in [1.165, 1.54) is 70.6 Å². The number of allylic oxidation sites excluding steroid dienone is 2. The van der Waals surface area contributed by atoms with Crippen LogP contribution in [0.5, 0.6) is 0 Å². The van der Waals surface area contributed by atoms with Gasteiger partial charge in [0.15, 0.2) is 6.54 Å². The highest BCUT2D eigenvalue weighted by Crippen LogP contribution is 2.21. The van der Waals surface area contributed by atoms with Crippen molar-refractivity contribution in [2.45, 2.75) is 90.4 Å². The van der Waals surface area contributed by atoms with Crippen LogP contribution in [0.15, 0.2) is 29.5 Å². The fourth-order valence-corrected chi connectivity index (χ4v) is 3.81. The predicted octanol–water partition coefficient (Wildman–Crippen LogP) is 5.38. The van der Waals surface area contributed by atoms with Crippen LogP contribution in [0.1, 0.15) is 90.4 Å². The number of nitrogens with zero attached hydrogens (tertiary/aromatic N) is 2. The summed E-state index contributed by atoms with van der Waals surface area (Å²) in [5, 5.41) is 9.23. The Bertz CT molecular complexity index is 514. The fraction of sp³-hybridized carbons (Fsp3) is 0.739. The van der Waals surface area contributed by atoms with Crippen LogP contribution in [-0.2, 0) is 4.79 Å². The molecule has 0 saturated carbocycles. The molecule has 1 aliphatic heterocycles. The molecule has 0 saturated heterocycles. The molecule has 0 spiro atoms. The van der Waals surface area contributed by atoms with E-state index in [-0.39, 0.29) is 6.54 Å². The van der Waals surface area contributed by atoms with Crippen LogP contribution in [0.3, 0.4) is 0 Å². The molecule has 1 rings (SSSR count). The van der Waals surface area contributed by atoms with Crippen molar-refractivity contribution in [3.05, 3.63) is 24.6 Å². The highest BCUT2D eigenvalue weighted by atomic mass is 16.4. The molecule has 3 N–H and O–H groups in total. The topological polar surface area (TPSA) is 75.7 Å². The minimum atomic E-state index is -0.805. The number of carbonyl (C=O) groups is 1. The van der Waals surface area contributed by atoms with E-state index in [9.17, 15) is 9.90 Å². The molecule has 1 aliphatic rings. The average molecular weight is 393 g/mol. The molecule has 0 bridgehead atoms. The number of carboxylic acid groups (broad SMARTS) is 1. The number of hydrogen-bond acceptors (Lipinski definition) is 3. The minimum absolute atomic E-state index is 0.0376. The zero-order valence-corrected chi connectivity index (χ0v) is 18.0. The number of quaternary nitrogens is 1. The summed E-state index contributed by atoms with van der Waals surface area (Å²) in [6.45, 7) is 3.36. The summed E-state index contributed by atoms with van der Waals surface area (Å²) < 4.78 is 0.299. The number of aliphatic carboxylic acids is 1. The van der Waals surface area contributed by atoms with Crippen molar-refractivity contribution in [1.82, 2.24) is 0 Å². The molecule has 5 heteroatoms. The summed E-state index contributed by atoms with van der Waals surface area (Å²) in [5.41, 5.74) is 5.71. The van der Waals surface area contributed by atoms with E-state index in [1.54, 1.807) is 6.20 Å². The largest absolute Gasteiger partial charge is 0.477 e. The Morgan fingerprint density at radius 3 is 2.25 bits per heavy atom. The first kappa shape index (κ1) is 24.6. The molecule has 1 unspecified atom stereocenters. The van der Waals surface area contributed by atoms with Gasteiger partial charge in [0, 0.05) is 13.0 Å². The quantitative estimate of drug-likeness (QED) is 0.187. The maximum Gasteiger partial charge on any atom is 0.360 e. The van der Waals surface area contributed by atoms with Gasteiger partial charge >= 0.3 is 5.97 Å². The Labute approximate surface area is 172 Å². The molecule has 0 fully saturated rings. The smallest absolute Gasteiger partial charge is 0.360 e. The number of nitrogens with two attached hydrogens (primary N) is 1. The van der Waals surface area contributed by atoms with Gasteiger partial charge in [-0.25, -0.2) is 14.3 Å². The lowest BCUT2D eigenvalue weighted by molar-refractivity contribution is -0.778. The Morgan fingerprint density at radius 2 is 1.64 bits per heavy atom. The Kier molecular flexibility index (Phi) is 13.6.